The van der Waals surface area contributed by atoms with Crippen molar-refractivity contribution < 1.29 is 14.3 Å². The van der Waals surface area contributed by atoms with E-state index in [9.17, 15) is 9.59 Å². The van der Waals surface area contributed by atoms with Crippen molar-refractivity contribution in [3.05, 3.63) is 47.3 Å². The predicted octanol–water partition coefficient (Wildman–Crippen LogP) is 3.42. The first-order valence-electron chi connectivity index (χ1n) is 8.64. The molecule has 2 aromatic rings. The van der Waals surface area contributed by atoms with Crippen molar-refractivity contribution in [2.45, 2.75) is 40.2 Å². The second-order valence-corrected chi connectivity index (χ2v) is 5.89. The van der Waals surface area contributed by atoms with Gasteiger partial charge in [0, 0.05) is 11.7 Å². The maximum absolute atomic E-state index is 12.6. The Morgan fingerprint density at radius 1 is 1.19 bits per heavy atom. The normalized spacial score (nSPS) is 11.5. The van der Waals surface area contributed by atoms with E-state index in [-0.39, 0.29) is 18.3 Å². The van der Waals surface area contributed by atoms with E-state index in [0.29, 0.717) is 22.9 Å². The summed E-state index contributed by atoms with van der Waals surface area (Å²) in [6, 6.07) is 8.50. The molecule has 0 spiro atoms. The quantitative estimate of drug-likeness (QED) is 0.738. The van der Waals surface area contributed by atoms with E-state index < -0.39 is 11.9 Å². The second kappa shape index (κ2) is 8.94. The molecular formula is C19H24N4O3. The maximum atomic E-state index is 12.6. The molecule has 0 saturated heterocycles. The minimum Gasteiger partial charge on any atom is -0.462 e. The number of carbonyl (C=O) groups excluding carboxylic acids is 2. The van der Waals surface area contributed by atoms with Gasteiger partial charge in [-0.05, 0) is 45.4 Å². The van der Waals surface area contributed by atoms with Gasteiger partial charge in [0.1, 0.15) is 5.69 Å². The van der Waals surface area contributed by atoms with E-state index in [2.05, 4.69) is 20.6 Å². The third-order valence-electron chi connectivity index (χ3n) is 3.75. The molecule has 0 radical (unpaired) electrons. The van der Waals surface area contributed by atoms with E-state index in [0.717, 1.165) is 6.42 Å². The third kappa shape index (κ3) is 5.02. The highest BCUT2D eigenvalue weighted by molar-refractivity contribution is 6.07. The highest BCUT2D eigenvalue weighted by atomic mass is 16.5. The Morgan fingerprint density at radius 3 is 2.62 bits per heavy atom. The minimum absolute atomic E-state index is 0.192. The number of benzene rings is 1. The fraction of sp³-hybridized carbons (Fsp3) is 0.368. The van der Waals surface area contributed by atoms with E-state index in [1.807, 2.05) is 13.8 Å². The molecule has 26 heavy (non-hydrogen) atoms. The van der Waals surface area contributed by atoms with Crippen LogP contribution in [0.2, 0.25) is 0 Å². The molecule has 1 aromatic carbocycles. The molecule has 0 saturated carbocycles. The van der Waals surface area contributed by atoms with Crippen molar-refractivity contribution in [1.29, 1.82) is 0 Å². The molecule has 7 nitrogen and oxygen atoms in total. The minimum atomic E-state index is -0.485. The molecule has 1 amide bonds. The van der Waals surface area contributed by atoms with Gasteiger partial charge in [-0.25, -0.2) is 14.8 Å². The molecule has 0 bridgehead atoms. The summed E-state index contributed by atoms with van der Waals surface area (Å²) in [5.41, 5.74) is 1.58. The second-order valence-electron chi connectivity index (χ2n) is 5.89. The smallest absolute Gasteiger partial charge is 0.340 e. The van der Waals surface area contributed by atoms with Crippen molar-refractivity contribution in [3.8, 4) is 0 Å². The molecule has 0 fully saturated rings. The van der Waals surface area contributed by atoms with E-state index >= 15 is 0 Å². The van der Waals surface area contributed by atoms with Crippen LogP contribution in [0.15, 0.2) is 30.3 Å². The van der Waals surface area contributed by atoms with Crippen LogP contribution in [-0.2, 0) is 4.74 Å². The zero-order chi connectivity index (χ0) is 19.1. The first kappa shape index (κ1) is 19.4. The van der Waals surface area contributed by atoms with Crippen LogP contribution in [0.5, 0.6) is 0 Å². The first-order chi connectivity index (χ1) is 12.4. The number of hydrogen-bond acceptors (Lipinski definition) is 6. The molecule has 1 heterocycles. The van der Waals surface area contributed by atoms with Crippen LogP contribution in [0.4, 0.5) is 11.6 Å². The van der Waals surface area contributed by atoms with Gasteiger partial charge in [-0.1, -0.05) is 19.1 Å². The largest absolute Gasteiger partial charge is 0.462 e. The Hall–Kier alpha value is -2.96. The fourth-order valence-electron chi connectivity index (χ4n) is 2.24. The number of amides is 1. The zero-order valence-corrected chi connectivity index (χ0v) is 15.5. The van der Waals surface area contributed by atoms with Crippen LogP contribution in [-0.4, -0.2) is 34.5 Å². The monoisotopic (exact) mass is 356 g/mol. The summed E-state index contributed by atoms with van der Waals surface area (Å²) >= 11 is 0. The standard InChI is InChI=1S/C19H24N4O3/c1-5-12(3)20-19-21-13(4)11-16(23-19)17(24)22-15-10-8-7-9-14(15)18(25)26-6-2/h7-12H,5-6H2,1-4H3,(H,22,24)(H,20,21,23). The summed E-state index contributed by atoms with van der Waals surface area (Å²) in [6.45, 7) is 7.85. The first-order valence-corrected chi connectivity index (χ1v) is 8.64. The number of ether oxygens (including phenoxy) is 1. The molecule has 0 aliphatic rings. The zero-order valence-electron chi connectivity index (χ0n) is 15.5. The number of rotatable bonds is 7. The molecule has 1 aromatic heterocycles. The molecule has 0 aliphatic heterocycles. The van der Waals surface area contributed by atoms with Gasteiger partial charge in [-0.3, -0.25) is 4.79 Å². The molecule has 1 unspecified atom stereocenters. The Bertz CT molecular complexity index is 792. The van der Waals surface area contributed by atoms with Crippen molar-refractivity contribution >= 4 is 23.5 Å². The molecule has 2 rings (SSSR count). The molecule has 138 valence electrons. The van der Waals surface area contributed by atoms with Crippen LogP contribution >= 0.6 is 0 Å². The van der Waals surface area contributed by atoms with E-state index in [4.69, 9.17) is 4.74 Å². The van der Waals surface area contributed by atoms with Gasteiger partial charge in [0.05, 0.1) is 17.9 Å². The molecule has 2 N–H and O–H groups in total. The van der Waals surface area contributed by atoms with Gasteiger partial charge in [0.2, 0.25) is 5.95 Å². The lowest BCUT2D eigenvalue weighted by Gasteiger charge is -2.13. The van der Waals surface area contributed by atoms with Crippen LogP contribution < -0.4 is 10.6 Å². The van der Waals surface area contributed by atoms with Gasteiger partial charge < -0.3 is 15.4 Å². The summed E-state index contributed by atoms with van der Waals surface area (Å²) in [5.74, 6) is -0.496. The van der Waals surface area contributed by atoms with Crippen LogP contribution in [0.3, 0.4) is 0 Å². The highest BCUT2D eigenvalue weighted by Crippen LogP contribution is 2.18. The number of carbonyl (C=O) groups is 2. The van der Waals surface area contributed by atoms with Gasteiger partial charge in [0.25, 0.3) is 5.91 Å². The van der Waals surface area contributed by atoms with E-state index in [1.165, 1.54) is 0 Å². The summed E-state index contributed by atoms with van der Waals surface area (Å²) in [5, 5.41) is 5.89. The fourth-order valence-corrected chi connectivity index (χ4v) is 2.24. The average molecular weight is 356 g/mol. The number of anilines is 2. The van der Waals surface area contributed by atoms with Crippen molar-refractivity contribution in [1.82, 2.24) is 9.97 Å². The van der Waals surface area contributed by atoms with Gasteiger partial charge in [-0.2, -0.15) is 0 Å². The van der Waals surface area contributed by atoms with Crippen molar-refractivity contribution in [2.75, 3.05) is 17.2 Å². The van der Waals surface area contributed by atoms with Gasteiger partial charge >= 0.3 is 5.97 Å². The summed E-state index contributed by atoms with van der Waals surface area (Å²) < 4.78 is 5.02. The number of nitrogens with zero attached hydrogens (tertiary/aromatic N) is 2. The van der Waals surface area contributed by atoms with Gasteiger partial charge in [-0.15, -0.1) is 0 Å². The molecular weight excluding hydrogens is 332 g/mol. The summed E-state index contributed by atoms with van der Waals surface area (Å²) in [7, 11) is 0. The predicted molar refractivity (Wildman–Crippen MR) is 100 cm³/mol. The lowest BCUT2D eigenvalue weighted by Crippen LogP contribution is -2.20. The molecule has 1 atom stereocenters. The highest BCUT2D eigenvalue weighted by Gasteiger charge is 2.17. The number of esters is 1. The van der Waals surface area contributed by atoms with E-state index in [1.54, 1.807) is 44.2 Å². The Balaban J connectivity index is 2.24. The van der Waals surface area contributed by atoms with Crippen LogP contribution in [0, 0.1) is 6.92 Å². The van der Waals surface area contributed by atoms with Crippen LogP contribution in [0.25, 0.3) is 0 Å². The third-order valence-corrected chi connectivity index (χ3v) is 3.75. The maximum Gasteiger partial charge on any atom is 0.340 e. The van der Waals surface area contributed by atoms with Crippen LogP contribution in [0.1, 0.15) is 53.7 Å². The number of para-hydroxylation sites is 1. The topological polar surface area (TPSA) is 93.2 Å². The lowest BCUT2D eigenvalue weighted by molar-refractivity contribution is 0.0527. The Morgan fingerprint density at radius 2 is 1.92 bits per heavy atom. The van der Waals surface area contributed by atoms with Crippen molar-refractivity contribution in [2.24, 2.45) is 0 Å². The summed E-state index contributed by atoms with van der Waals surface area (Å²) in [4.78, 5) is 33.2. The molecule has 0 aliphatic carbocycles. The number of nitrogens with one attached hydrogen (secondary N) is 2. The average Bonchev–Trinajstić information content (AvgIpc) is 2.61. The Labute approximate surface area is 153 Å². The number of hydrogen-bond donors (Lipinski definition) is 2. The Kier molecular flexibility index (Phi) is 6.66. The SMILES string of the molecule is CCOC(=O)c1ccccc1NC(=O)c1cc(C)nc(NC(C)CC)n1. The molecule has 7 heteroatoms. The lowest BCUT2D eigenvalue weighted by atomic mass is 10.1. The van der Waals surface area contributed by atoms with Crippen molar-refractivity contribution in [3.63, 3.8) is 0 Å². The number of aromatic nitrogens is 2. The van der Waals surface area contributed by atoms with Gasteiger partial charge in [0.15, 0.2) is 0 Å². The number of aryl methyl sites for hydroxylation is 1. The summed E-state index contributed by atoms with van der Waals surface area (Å²) in [6.07, 6.45) is 0.908.